The predicted octanol–water partition coefficient (Wildman–Crippen LogP) is 6.11. The zero-order chi connectivity index (χ0) is 23.2. The maximum atomic E-state index is 13.0. The number of halogens is 1. The molecule has 0 saturated carbocycles. The Hall–Kier alpha value is -3.29. The summed E-state index contributed by atoms with van der Waals surface area (Å²) >= 11 is 6.66. The number of carbonyl (C=O) groups excluding carboxylic acids is 2. The van der Waals surface area contributed by atoms with E-state index in [1.807, 2.05) is 48.5 Å². The molecule has 3 aromatic carbocycles. The summed E-state index contributed by atoms with van der Waals surface area (Å²) in [6.07, 6.45) is 2.54. The summed E-state index contributed by atoms with van der Waals surface area (Å²) < 4.78 is 13.5. The first kappa shape index (κ1) is 22.9. The highest BCUT2D eigenvalue weighted by molar-refractivity contribution is 8.26. The number of benzene rings is 3. The molecule has 33 heavy (non-hydrogen) atoms. The van der Waals surface area contributed by atoms with Gasteiger partial charge in [-0.05, 0) is 53.5 Å². The van der Waals surface area contributed by atoms with Gasteiger partial charge in [0, 0.05) is 18.7 Å². The van der Waals surface area contributed by atoms with E-state index < -0.39 is 0 Å². The molecule has 7 heteroatoms. The van der Waals surface area contributed by atoms with Crippen LogP contribution in [-0.2, 0) is 9.59 Å². The average Bonchev–Trinajstić information content (AvgIpc) is 3.09. The largest absolute Gasteiger partial charge is 0.326 e. The van der Waals surface area contributed by atoms with Crippen LogP contribution < -0.4 is 5.32 Å². The summed E-state index contributed by atoms with van der Waals surface area (Å²) in [7, 11) is 0. The van der Waals surface area contributed by atoms with Crippen LogP contribution in [0.1, 0.15) is 18.4 Å². The molecule has 0 atom stereocenters. The van der Waals surface area contributed by atoms with Gasteiger partial charge in [0.25, 0.3) is 5.91 Å². The molecule has 0 aliphatic carbocycles. The van der Waals surface area contributed by atoms with Crippen LogP contribution >= 0.6 is 24.0 Å². The van der Waals surface area contributed by atoms with Crippen molar-refractivity contribution >= 4 is 51.9 Å². The molecule has 4 nitrogen and oxygen atoms in total. The molecule has 1 aliphatic heterocycles. The molecule has 2 amide bonds. The van der Waals surface area contributed by atoms with Crippen LogP contribution in [0.5, 0.6) is 0 Å². The molecule has 166 valence electrons. The van der Waals surface area contributed by atoms with Crippen LogP contribution in [0.25, 0.3) is 17.2 Å². The number of anilines is 1. The molecule has 0 radical (unpaired) electrons. The molecule has 1 aliphatic rings. The van der Waals surface area contributed by atoms with Crippen molar-refractivity contribution in [3.05, 3.63) is 95.1 Å². The zero-order valence-corrected chi connectivity index (χ0v) is 19.3. The quantitative estimate of drug-likeness (QED) is 0.330. The maximum absolute atomic E-state index is 13.0. The molecular weight excluding hydrogens is 455 g/mol. The molecule has 1 fully saturated rings. The summed E-state index contributed by atoms with van der Waals surface area (Å²) in [5.74, 6) is -0.695. The van der Waals surface area contributed by atoms with Gasteiger partial charge in [-0.25, -0.2) is 4.39 Å². The Kier molecular flexibility index (Phi) is 7.32. The van der Waals surface area contributed by atoms with Crippen LogP contribution in [0.4, 0.5) is 10.1 Å². The van der Waals surface area contributed by atoms with Crippen molar-refractivity contribution < 1.29 is 14.0 Å². The van der Waals surface area contributed by atoms with Crippen molar-refractivity contribution in [1.29, 1.82) is 0 Å². The molecule has 1 N–H and O–H groups in total. The number of amides is 2. The van der Waals surface area contributed by atoms with E-state index in [9.17, 15) is 14.0 Å². The van der Waals surface area contributed by atoms with Crippen molar-refractivity contribution in [2.45, 2.75) is 12.8 Å². The summed E-state index contributed by atoms with van der Waals surface area (Å²) in [6.45, 7) is 0.367. The number of nitrogens with zero attached hydrogens (tertiary/aromatic N) is 1. The molecular formula is C26H21FN2O2S2. The van der Waals surface area contributed by atoms with Gasteiger partial charge in [0.2, 0.25) is 5.91 Å². The number of hydrogen-bond acceptors (Lipinski definition) is 4. The summed E-state index contributed by atoms with van der Waals surface area (Å²) in [5.41, 5.74) is 3.71. The molecule has 0 bridgehead atoms. The van der Waals surface area contributed by atoms with E-state index in [-0.39, 0.29) is 24.1 Å². The normalized spacial score (nSPS) is 14.7. The number of rotatable bonds is 7. The molecule has 1 heterocycles. The first-order valence-electron chi connectivity index (χ1n) is 10.5. The minimum absolute atomic E-state index is 0.143. The monoisotopic (exact) mass is 476 g/mol. The van der Waals surface area contributed by atoms with Gasteiger partial charge < -0.3 is 5.32 Å². The fourth-order valence-corrected chi connectivity index (χ4v) is 4.71. The van der Waals surface area contributed by atoms with E-state index in [0.717, 1.165) is 16.7 Å². The highest BCUT2D eigenvalue weighted by atomic mass is 32.2. The number of carbonyl (C=O) groups is 2. The Morgan fingerprint density at radius 1 is 0.970 bits per heavy atom. The van der Waals surface area contributed by atoms with Crippen molar-refractivity contribution in [1.82, 2.24) is 4.90 Å². The second-order valence-corrected chi connectivity index (χ2v) is 9.16. The van der Waals surface area contributed by atoms with E-state index in [0.29, 0.717) is 27.9 Å². The van der Waals surface area contributed by atoms with Gasteiger partial charge in [-0.2, -0.15) is 0 Å². The molecule has 4 rings (SSSR count). The predicted molar refractivity (Wildman–Crippen MR) is 136 cm³/mol. The standard InChI is InChI=1S/C26H21FN2O2S2/c27-21-12-14-22(15-13-21)28-24(30)7-4-16-29-25(31)23(33-26(29)32)17-18-8-10-20(11-9-18)19-5-2-1-3-6-19/h1-3,5-6,8-15,17H,4,7,16H2,(H,28,30)/b23-17-. The summed E-state index contributed by atoms with van der Waals surface area (Å²) in [6, 6.07) is 23.7. The Morgan fingerprint density at radius 3 is 2.33 bits per heavy atom. The third-order valence-electron chi connectivity index (χ3n) is 5.10. The van der Waals surface area contributed by atoms with Crippen LogP contribution in [0.3, 0.4) is 0 Å². The number of thiocarbonyl (C=S) groups is 1. The van der Waals surface area contributed by atoms with E-state index in [1.165, 1.54) is 40.9 Å². The van der Waals surface area contributed by atoms with Gasteiger partial charge in [-0.15, -0.1) is 0 Å². The van der Waals surface area contributed by atoms with E-state index in [1.54, 1.807) is 0 Å². The molecule has 1 saturated heterocycles. The van der Waals surface area contributed by atoms with E-state index >= 15 is 0 Å². The molecule has 0 aromatic heterocycles. The SMILES string of the molecule is O=C(CCCN1C(=O)/C(=C/c2ccc(-c3ccccc3)cc2)SC1=S)Nc1ccc(F)cc1. The molecule has 0 spiro atoms. The lowest BCUT2D eigenvalue weighted by Crippen LogP contribution is -2.29. The fraction of sp³-hybridized carbons (Fsp3) is 0.115. The topological polar surface area (TPSA) is 49.4 Å². The van der Waals surface area contributed by atoms with Crippen LogP contribution in [-0.4, -0.2) is 27.6 Å². The smallest absolute Gasteiger partial charge is 0.266 e. The molecule has 3 aromatic rings. The molecule has 0 unspecified atom stereocenters. The Balaban J connectivity index is 1.32. The second-order valence-electron chi connectivity index (χ2n) is 7.48. The van der Waals surface area contributed by atoms with Crippen molar-refractivity contribution in [3.8, 4) is 11.1 Å². The number of nitrogens with one attached hydrogen (secondary N) is 1. The lowest BCUT2D eigenvalue weighted by atomic mass is 10.0. The minimum atomic E-state index is -0.359. The van der Waals surface area contributed by atoms with Gasteiger partial charge in [0.1, 0.15) is 10.1 Å². The van der Waals surface area contributed by atoms with Crippen molar-refractivity contribution in [2.75, 3.05) is 11.9 Å². The van der Waals surface area contributed by atoms with Gasteiger partial charge in [-0.1, -0.05) is 78.6 Å². The number of hydrogen-bond donors (Lipinski definition) is 1. The second kappa shape index (κ2) is 10.6. The lowest BCUT2D eigenvalue weighted by Gasteiger charge is -2.14. The van der Waals surface area contributed by atoms with Crippen molar-refractivity contribution in [3.63, 3.8) is 0 Å². The third-order valence-corrected chi connectivity index (χ3v) is 6.48. The average molecular weight is 477 g/mol. The van der Waals surface area contributed by atoms with E-state index in [2.05, 4.69) is 17.4 Å². The fourth-order valence-electron chi connectivity index (χ4n) is 3.40. The van der Waals surface area contributed by atoms with Gasteiger partial charge in [0.15, 0.2) is 0 Å². The number of thioether (sulfide) groups is 1. The van der Waals surface area contributed by atoms with Crippen molar-refractivity contribution in [2.24, 2.45) is 0 Å². The third kappa shape index (κ3) is 5.94. The Morgan fingerprint density at radius 2 is 1.64 bits per heavy atom. The zero-order valence-electron chi connectivity index (χ0n) is 17.7. The first-order valence-corrected chi connectivity index (χ1v) is 11.7. The lowest BCUT2D eigenvalue weighted by molar-refractivity contribution is -0.122. The Bertz CT molecular complexity index is 1190. The minimum Gasteiger partial charge on any atom is -0.326 e. The van der Waals surface area contributed by atoms with Crippen LogP contribution in [0, 0.1) is 5.82 Å². The summed E-state index contributed by atoms with van der Waals surface area (Å²) in [4.78, 5) is 27.0. The Labute approximate surface area is 201 Å². The van der Waals surface area contributed by atoms with Gasteiger partial charge >= 0.3 is 0 Å². The summed E-state index contributed by atoms with van der Waals surface area (Å²) in [5, 5.41) is 2.72. The van der Waals surface area contributed by atoms with Crippen LogP contribution in [0.15, 0.2) is 83.8 Å². The maximum Gasteiger partial charge on any atom is 0.266 e. The van der Waals surface area contributed by atoms with Gasteiger partial charge in [0.05, 0.1) is 4.91 Å². The highest BCUT2D eigenvalue weighted by Gasteiger charge is 2.31. The first-order chi connectivity index (χ1) is 16.0. The van der Waals surface area contributed by atoms with Gasteiger partial charge in [-0.3, -0.25) is 14.5 Å². The van der Waals surface area contributed by atoms with Crippen LogP contribution in [0.2, 0.25) is 0 Å². The van der Waals surface area contributed by atoms with E-state index in [4.69, 9.17) is 12.2 Å². The highest BCUT2D eigenvalue weighted by Crippen LogP contribution is 2.33.